The first kappa shape index (κ1) is 14.3. The van der Waals surface area contributed by atoms with Crippen LogP contribution < -0.4 is 16.2 Å². The first-order valence-electron chi connectivity index (χ1n) is 6.29. The number of hydrogen-bond donors (Lipinski definition) is 2. The lowest BCUT2D eigenvalue weighted by atomic mass is 10.0. The summed E-state index contributed by atoms with van der Waals surface area (Å²) >= 11 is 0. The number of carbonyl (C=O) groups is 1. The third-order valence-corrected chi connectivity index (χ3v) is 3.04. The minimum absolute atomic E-state index is 0.113. The van der Waals surface area contributed by atoms with Gasteiger partial charge in [0.15, 0.2) is 0 Å². The average molecular weight is 274 g/mol. The molecule has 0 saturated heterocycles. The predicted octanol–water partition coefficient (Wildman–Crippen LogP) is 1.35. The maximum atomic E-state index is 10.6. The van der Waals surface area contributed by atoms with Gasteiger partial charge in [0, 0.05) is 0 Å². The SMILES string of the molecule is COc1ccc2cc(C(N)COCC(N)=O)ccc2c1. The van der Waals surface area contributed by atoms with E-state index in [1.54, 1.807) is 7.11 Å². The van der Waals surface area contributed by atoms with Gasteiger partial charge in [-0.05, 0) is 34.5 Å². The first-order chi connectivity index (χ1) is 9.60. The highest BCUT2D eigenvalue weighted by Crippen LogP contribution is 2.23. The Morgan fingerprint density at radius 2 is 1.90 bits per heavy atom. The summed E-state index contributed by atoms with van der Waals surface area (Å²) in [6.07, 6.45) is 0. The normalized spacial score (nSPS) is 12.3. The van der Waals surface area contributed by atoms with Gasteiger partial charge < -0.3 is 20.9 Å². The van der Waals surface area contributed by atoms with E-state index >= 15 is 0 Å². The molecular formula is C15H18N2O3. The zero-order valence-electron chi connectivity index (χ0n) is 11.3. The van der Waals surface area contributed by atoms with Crippen LogP contribution in [0.15, 0.2) is 36.4 Å². The lowest BCUT2D eigenvalue weighted by Crippen LogP contribution is -2.23. The lowest BCUT2D eigenvalue weighted by molar-refractivity contribution is -0.122. The summed E-state index contributed by atoms with van der Waals surface area (Å²) in [6, 6.07) is 11.5. The highest BCUT2D eigenvalue weighted by atomic mass is 16.5. The van der Waals surface area contributed by atoms with Crippen molar-refractivity contribution in [2.75, 3.05) is 20.3 Å². The van der Waals surface area contributed by atoms with Crippen molar-refractivity contribution >= 4 is 16.7 Å². The maximum absolute atomic E-state index is 10.6. The summed E-state index contributed by atoms with van der Waals surface area (Å²) in [5.74, 6) is 0.321. The Hall–Kier alpha value is -2.11. The van der Waals surface area contributed by atoms with Crippen LogP contribution in [0.25, 0.3) is 10.8 Å². The quantitative estimate of drug-likeness (QED) is 0.832. The van der Waals surface area contributed by atoms with Crippen molar-refractivity contribution in [2.24, 2.45) is 11.5 Å². The second-order valence-corrected chi connectivity index (χ2v) is 4.56. The molecule has 1 unspecified atom stereocenters. The van der Waals surface area contributed by atoms with Crippen molar-refractivity contribution in [3.63, 3.8) is 0 Å². The van der Waals surface area contributed by atoms with E-state index in [4.69, 9.17) is 20.9 Å². The molecule has 0 spiro atoms. The average Bonchev–Trinajstić information content (AvgIpc) is 2.45. The van der Waals surface area contributed by atoms with Crippen LogP contribution in [0.5, 0.6) is 5.75 Å². The van der Waals surface area contributed by atoms with Gasteiger partial charge in [0.1, 0.15) is 12.4 Å². The van der Waals surface area contributed by atoms with E-state index in [1.165, 1.54) is 0 Å². The van der Waals surface area contributed by atoms with Crippen LogP contribution >= 0.6 is 0 Å². The summed E-state index contributed by atoms with van der Waals surface area (Å²) in [6.45, 7) is 0.142. The van der Waals surface area contributed by atoms with Gasteiger partial charge in [-0.15, -0.1) is 0 Å². The monoisotopic (exact) mass is 274 g/mol. The zero-order valence-corrected chi connectivity index (χ0v) is 11.3. The Kier molecular flexibility index (Phi) is 4.55. The van der Waals surface area contributed by atoms with E-state index in [-0.39, 0.29) is 19.3 Å². The molecule has 0 aliphatic carbocycles. The molecule has 0 aliphatic heterocycles. The zero-order chi connectivity index (χ0) is 14.5. The van der Waals surface area contributed by atoms with E-state index in [0.29, 0.717) is 0 Å². The number of nitrogens with two attached hydrogens (primary N) is 2. The Balaban J connectivity index is 2.12. The highest BCUT2D eigenvalue weighted by molar-refractivity contribution is 5.84. The fraction of sp³-hybridized carbons (Fsp3) is 0.267. The number of methoxy groups -OCH3 is 1. The highest BCUT2D eigenvalue weighted by Gasteiger charge is 2.08. The minimum atomic E-state index is -0.497. The minimum Gasteiger partial charge on any atom is -0.497 e. The van der Waals surface area contributed by atoms with Gasteiger partial charge in [0.05, 0.1) is 19.8 Å². The smallest absolute Gasteiger partial charge is 0.243 e. The van der Waals surface area contributed by atoms with Crippen molar-refractivity contribution in [2.45, 2.75) is 6.04 Å². The largest absolute Gasteiger partial charge is 0.497 e. The summed E-state index contributed by atoms with van der Waals surface area (Å²) in [5, 5.41) is 2.16. The fourth-order valence-corrected chi connectivity index (χ4v) is 1.98. The maximum Gasteiger partial charge on any atom is 0.243 e. The van der Waals surface area contributed by atoms with Gasteiger partial charge in [-0.1, -0.05) is 18.2 Å². The van der Waals surface area contributed by atoms with Crippen LogP contribution in [0.4, 0.5) is 0 Å². The van der Waals surface area contributed by atoms with E-state index in [9.17, 15) is 4.79 Å². The Morgan fingerprint density at radius 3 is 2.60 bits per heavy atom. The Morgan fingerprint density at radius 1 is 1.20 bits per heavy atom. The molecule has 5 nitrogen and oxygen atoms in total. The molecule has 0 saturated carbocycles. The molecule has 4 N–H and O–H groups in total. The number of primary amides is 1. The molecule has 106 valence electrons. The number of hydrogen-bond acceptors (Lipinski definition) is 4. The number of amides is 1. The Labute approximate surface area is 117 Å². The van der Waals surface area contributed by atoms with Crippen LogP contribution in [-0.2, 0) is 9.53 Å². The predicted molar refractivity (Wildman–Crippen MR) is 77.4 cm³/mol. The number of carbonyl (C=O) groups excluding carboxylic acids is 1. The van der Waals surface area contributed by atoms with Gasteiger partial charge in [-0.2, -0.15) is 0 Å². The van der Waals surface area contributed by atoms with E-state index < -0.39 is 5.91 Å². The van der Waals surface area contributed by atoms with E-state index in [2.05, 4.69) is 0 Å². The van der Waals surface area contributed by atoms with Gasteiger partial charge >= 0.3 is 0 Å². The number of ether oxygens (including phenoxy) is 2. The van der Waals surface area contributed by atoms with E-state index in [0.717, 1.165) is 22.1 Å². The topological polar surface area (TPSA) is 87.6 Å². The van der Waals surface area contributed by atoms with Crippen LogP contribution in [0, 0.1) is 0 Å². The Bertz CT molecular complexity index is 613. The summed E-state index contributed by atoms with van der Waals surface area (Å²) in [5.41, 5.74) is 12.0. The molecule has 0 bridgehead atoms. The molecule has 2 rings (SSSR count). The van der Waals surface area contributed by atoms with Crippen LogP contribution in [0.2, 0.25) is 0 Å². The van der Waals surface area contributed by atoms with Gasteiger partial charge in [0.2, 0.25) is 5.91 Å². The first-order valence-corrected chi connectivity index (χ1v) is 6.29. The number of benzene rings is 2. The summed E-state index contributed by atoms with van der Waals surface area (Å²) < 4.78 is 10.3. The van der Waals surface area contributed by atoms with Gasteiger partial charge in [0.25, 0.3) is 0 Å². The molecule has 1 amide bonds. The second kappa shape index (κ2) is 6.36. The van der Waals surface area contributed by atoms with Gasteiger partial charge in [-0.25, -0.2) is 0 Å². The van der Waals surface area contributed by atoms with Crippen LogP contribution in [0.1, 0.15) is 11.6 Å². The molecule has 2 aromatic rings. The lowest BCUT2D eigenvalue weighted by Gasteiger charge is -2.13. The van der Waals surface area contributed by atoms with Crippen molar-refractivity contribution in [3.8, 4) is 5.75 Å². The molecule has 1 atom stereocenters. The van der Waals surface area contributed by atoms with Crippen molar-refractivity contribution < 1.29 is 14.3 Å². The van der Waals surface area contributed by atoms with Crippen molar-refractivity contribution in [3.05, 3.63) is 42.0 Å². The molecule has 0 fully saturated rings. The molecule has 20 heavy (non-hydrogen) atoms. The standard InChI is InChI=1S/C15H18N2O3/c1-19-13-5-4-10-6-12(3-2-11(10)7-13)14(16)8-20-9-15(17)18/h2-7,14H,8-9,16H2,1H3,(H2,17,18). The molecule has 0 heterocycles. The van der Waals surface area contributed by atoms with Crippen molar-refractivity contribution in [1.29, 1.82) is 0 Å². The third-order valence-electron chi connectivity index (χ3n) is 3.04. The third kappa shape index (κ3) is 3.46. The summed E-state index contributed by atoms with van der Waals surface area (Å²) in [4.78, 5) is 10.6. The molecule has 0 aliphatic rings. The van der Waals surface area contributed by atoms with E-state index in [1.807, 2.05) is 36.4 Å². The molecule has 0 radical (unpaired) electrons. The molecule has 0 aromatic heterocycles. The fourth-order valence-electron chi connectivity index (χ4n) is 1.98. The van der Waals surface area contributed by atoms with Crippen molar-refractivity contribution in [1.82, 2.24) is 0 Å². The second-order valence-electron chi connectivity index (χ2n) is 4.56. The van der Waals surface area contributed by atoms with Crippen LogP contribution in [0.3, 0.4) is 0 Å². The number of fused-ring (bicyclic) bond motifs is 1. The van der Waals surface area contributed by atoms with Crippen LogP contribution in [-0.4, -0.2) is 26.2 Å². The molecule has 5 heteroatoms. The summed E-state index contributed by atoms with van der Waals surface area (Å²) in [7, 11) is 1.64. The molecular weight excluding hydrogens is 256 g/mol. The van der Waals surface area contributed by atoms with Gasteiger partial charge in [-0.3, -0.25) is 4.79 Å². The molecule has 2 aromatic carbocycles. The number of rotatable bonds is 6.